The van der Waals surface area contributed by atoms with Crippen molar-refractivity contribution in [1.29, 1.82) is 5.26 Å². The molecule has 3 rings (SSSR count). The number of aryl methyl sites for hydroxylation is 1. The van der Waals surface area contributed by atoms with Crippen molar-refractivity contribution in [3.8, 4) is 6.07 Å². The van der Waals surface area contributed by atoms with Crippen molar-refractivity contribution >= 4 is 40.9 Å². The Labute approximate surface area is 195 Å². The van der Waals surface area contributed by atoms with Gasteiger partial charge >= 0.3 is 5.97 Å². The fourth-order valence-corrected chi connectivity index (χ4v) is 4.62. The second kappa shape index (κ2) is 10.1. The largest absolute Gasteiger partial charge is 0.463 e. The summed E-state index contributed by atoms with van der Waals surface area (Å²) in [5.41, 5.74) is 8.31. The maximum Gasteiger partial charge on any atom is 0.338 e. The first-order chi connectivity index (χ1) is 14.9. The maximum atomic E-state index is 13.0. The van der Waals surface area contributed by atoms with Crippen LogP contribution in [0.2, 0.25) is 10.0 Å². The number of carbonyl (C=O) groups excluding carboxylic acids is 1. The molecule has 1 heterocycles. The predicted octanol–water partition coefficient (Wildman–Crippen LogP) is 5.72. The minimum Gasteiger partial charge on any atom is -0.463 e. The van der Waals surface area contributed by atoms with Crippen LogP contribution < -0.4 is 5.73 Å². The van der Waals surface area contributed by atoms with Gasteiger partial charge in [-0.25, -0.2) is 4.79 Å². The fraction of sp³-hybridized carbons (Fsp3) is 0.217. The Morgan fingerprint density at radius 2 is 1.97 bits per heavy atom. The number of halogens is 2. The van der Waals surface area contributed by atoms with E-state index >= 15 is 0 Å². The van der Waals surface area contributed by atoms with Crippen molar-refractivity contribution < 1.29 is 14.3 Å². The first-order valence-electron chi connectivity index (χ1n) is 9.48. The van der Waals surface area contributed by atoms with Gasteiger partial charge < -0.3 is 15.2 Å². The summed E-state index contributed by atoms with van der Waals surface area (Å²) in [6.07, 6.45) is 0. The van der Waals surface area contributed by atoms with Crippen LogP contribution in [0.4, 0.5) is 0 Å². The molecule has 2 aromatic carbocycles. The number of hydrogen-bond acceptors (Lipinski definition) is 6. The number of nitrogens with zero attached hydrogens (tertiary/aromatic N) is 1. The van der Waals surface area contributed by atoms with Crippen molar-refractivity contribution in [3.63, 3.8) is 0 Å². The normalized spacial score (nSPS) is 16.0. The molecule has 0 bridgehead atoms. The smallest absolute Gasteiger partial charge is 0.338 e. The molecule has 8 heteroatoms. The maximum absolute atomic E-state index is 13.0. The van der Waals surface area contributed by atoms with Crippen LogP contribution in [0.25, 0.3) is 0 Å². The van der Waals surface area contributed by atoms with Gasteiger partial charge in [-0.3, -0.25) is 0 Å². The van der Waals surface area contributed by atoms with Crippen molar-refractivity contribution in [1.82, 2.24) is 0 Å². The Kier molecular flexibility index (Phi) is 7.55. The summed E-state index contributed by atoms with van der Waals surface area (Å²) in [6.45, 7) is 3.87. The molecule has 31 heavy (non-hydrogen) atoms. The summed E-state index contributed by atoms with van der Waals surface area (Å²) in [7, 11) is 0. The van der Waals surface area contributed by atoms with Crippen LogP contribution >= 0.6 is 35.0 Å². The highest BCUT2D eigenvalue weighted by Crippen LogP contribution is 2.42. The molecule has 160 valence electrons. The number of rotatable bonds is 6. The first kappa shape index (κ1) is 23.1. The zero-order valence-corrected chi connectivity index (χ0v) is 19.3. The molecule has 0 fully saturated rings. The lowest BCUT2D eigenvalue weighted by atomic mass is 9.83. The molecule has 0 aromatic heterocycles. The molecule has 5 nitrogen and oxygen atoms in total. The molecule has 1 atom stereocenters. The van der Waals surface area contributed by atoms with E-state index in [2.05, 4.69) is 6.07 Å². The second-order valence-corrected chi connectivity index (χ2v) is 8.54. The van der Waals surface area contributed by atoms with E-state index in [-0.39, 0.29) is 29.4 Å². The zero-order valence-electron chi connectivity index (χ0n) is 16.9. The summed E-state index contributed by atoms with van der Waals surface area (Å²) < 4.78 is 11.1. The zero-order chi connectivity index (χ0) is 22.5. The van der Waals surface area contributed by atoms with Crippen LogP contribution in [0.1, 0.15) is 24.0 Å². The number of allylic oxidation sites excluding steroid dienone is 1. The van der Waals surface area contributed by atoms with Crippen molar-refractivity contribution in [2.45, 2.75) is 24.7 Å². The Morgan fingerprint density at radius 3 is 2.61 bits per heavy atom. The van der Waals surface area contributed by atoms with Gasteiger partial charge in [-0.15, -0.1) is 11.8 Å². The highest BCUT2D eigenvalue weighted by molar-refractivity contribution is 7.99. The highest BCUT2D eigenvalue weighted by atomic mass is 35.5. The average Bonchev–Trinajstić information content (AvgIpc) is 2.75. The molecule has 2 N–H and O–H groups in total. The van der Waals surface area contributed by atoms with Gasteiger partial charge in [0.2, 0.25) is 5.88 Å². The van der Waals surface area contributed by atoms with Crippen LogP contribution in [0, 0.1) is 18.3 Å². The molecule has 1 aliphatic heterocycles. The average molecular weight is 475 g/mol. The summed E-state index contributed by atoms with van der Waals surface area (Å²) in [6, 6.07) is 15.0. The third-order valence-electron chi connectivity index (χ3n) is 4.68. The molecular formula is C23H20Cl2N2O3S. The van der Waals surface area contributed by atoms with Crippen molar-refractivity contribution in [3.05, 3.63) is 86.4 Å². The van der Waals surface area contributed by atoms with Gasteiger partial charge in [0.25, 0.3) is 0 Å². The molecule has 0 spiro atoms. The standard InChI is InChI=1S/C23H20Cl2N2O3S/c1-3-29-23(28)20-17(12-31-18-6-4-5-16(24)21(18)25)30-22(27)15(11-26)19(20)14-9-7-13(2)8-10-14/h4-10,19H,3,12,27H2,1-2H3. The number of nitriles is 1. The molecule has 2 aromatic rings. The Hall–Kier alpha value is -2.59. The molecule has 0 saturated heterocycles. The van der Waals surface area contributed by atoms with E-state index in [0.29, 0.717) is 15.8 Å². The SMILES string of the molecule is CCOC(=O)C1=C(CSc2cccc(Cl)c2Cl)OC(N)=C(C#N)C1c1ccc(C)cc1. The Balaban J connectivity index is 2.08. The predicted molar refractivity (Wildman–Crippen MR) is 123 cm³/mol. The molecule has 0 amide bonds. The molecular weight excluding hydrogens is 455 g/mol. The summed E-state index contributed by atoms with van der Waals surface area (Å²) >= 11 is 13.8. The lowest BCUT2D eigenvalue weighted by molar-refractivity contribution is -0.139. The number of thioether (sulfide) groups is 1. The van der Waals surface area contributed by atoms with E-state index in [4.69, 9.17) is 38.4 Å². The summed E-state index contributed by atoms with van der Waals surface area (Å²) in [4.78, 5) is 13.7. The van der Waals surface area contributed by atoms with Gasteiger partial charge in [0.1, 0.15) is 17.4 Å². The van der Waals surface area contributed by atoms with Crippen LogP contribution in [-0.4, -0.2) is 18.3 Å². The fourth-order valence-electron chi connectivity index (χ4n) is 3.19. The highest BCUT2D eigenvalue weighted by Gasteiger charge is 2.37. The lowest BCUT2D eigenvalue weighted by Crippen LogP contribution is -2.27. The molecule has 0 radical (unpaired) electrons. The lowest BCUT2D eigenvalue weighted by Gasteiger charge is -2.28. The van der Waals surface area contributed by atoms with E-state index in [1.165, 1.54) is 11.8 Å². The third kappa shape index (κ3) is 5.01. The Morgan fingerprint density at radius 1 is 1.26 bits per heavy atom. The van der Waals surface area contributed by atoms with E-state index in [1.807, 2.05) is 37.3 Å². The minimum absolute atomic E-state index is 0.0334. The second-order valence-electron chi connectivity index (χ2n) is 6.73. The Bertz CT molecular complexity index is 1100. The van der Waals surface area contributed by atoms with Crippen LogP contribution in [0.3, 0.4) is 0 Å². The van der Waals surface area contributed by atoms with Crippen molar-refractivity contribution in [2.24, 2.45) is 5.73 Å². The van der Waals surface area contributed by atoms with Gasteiger partial charge in [0, 0.05) is 4.90 Å². The van der Waals surface area contributed by atoms with E-state index in [9.17, 15) is 10.1 Å². The first-order valence-corrected chi connectivity index (χ1v) is 11.2. The van der Waals surface area contributed by atoms with Gasteiger partial charge in [0.15, 0.2) is 0 Å². The third-order valence-corrected chi connectivity index (χ3v) is 6.67. The van der Waals surface area contributed by atoms with Crippen LogP contribution in [0.5, 0.6) is 0 Å². The summed E-state index contributed by atoms with van der Waals surface area (Å²) in [5.74, 6) is -0.712. The number of esters is 1. The van der Waals surface area contributed by atoms with Crippen LogP contribution in [0.15, 0.2) is 70.1 Å². The van der Waals surface area contributed by atoms with E-state index in [1.54, 1.807) is 19.1 Å². The molecule has 0 saturated carbocycles. The number of hydrogen-bond donors (Lipinski definition) is 1. The van der Waals surface area contributed by atoms with E-state index in [0.717, 1.165) is 16.0 Å². The van der Waals surface area contributed by atoms with Crippen LogP contribution in [-0.2, 0) is 14.3 Å². The number of nitrogens with two attached hydrogens (primary N) is 1. The summed E-state index contributed by atoms with van der Waals surface area (Å²) in [5, 5.41) is 10.6. The molecule has 1 unspecified atom stereocenters. The van der Waals surface area contributed by atoms with E-state index < -0.39 is 11.9 Å². The van der Waals surface area contributed by atoms with Gasteiger partial charge in [-0.05, 0) is 31.5 Å². The molecule has 1 aliphatic rings. The van der Waals surface area contributed by atoms with Gasteiger partial charge in [-0.2, -0.15) is 5.26 Å². The minimum atomic E-state index is -0.691. The van der Waals surface area contributed by atoms with Crippen molar-refractivity contribution in [2.75, 3.05) is 12.4 Å². The van der Waals surface area contributed by atoms with Gasteiger partial charge in [0.05, 0.1) is 33.9 Å². The quantitative estimate of drug-likeness (QED) is 0.425. The number of ether oxygens (including phenoxy) is 2. The topological polar surface area (TPSA) is 85.3 Å². The number of carbonyl (C=O) groups is 1. The number of benzene rings is 2. The molecule has 0 aliphatic carbocycles. The monoisotopic (exact) mass is 474 g/mol. The van der Waals surface area contributed by atoms with Gasteiger partial charge in [-0.1, -0.05) is 59.1 Å².